The first-order valence-electron chi connectivity index (χ1n) is 5.76. The van der Waals surface area contributed by atoms with Gasteiger partial charge in [-0.1, -0.05) is 34.1 Å². The Hall–Kier alpha value is -1.55. The molecule has 0 radical (unpaired) electrons. The monoisotopic (exact) mass is 307 g/mol. The molecule has 1 aromatic carbocycles. The van der Waals surface area contributed by atoms with Gasteiger partial charge in [-0.3, -0.25) is 4.79 Å². The first-order chi connectivity index (χ1) is 8.74. The minimum Gasteiger partial charge on any atom is -0.494 e. The van der Waals surface area contributed by atoms with E-state index in [-0.39, 0.29) is 5.56 Å². The predicted molar refractivity (Wildman–Crippen MR) is 76.3 cm³/mol. The molecule has 1 heterocycles. The lowest BCUT2D eigenvalue weighted by Crippen LogP contribution is -2.11. The number of alkyl halides is 1. The van der Waals surface area contributed by atoms with Crippen LogP contribution in [0.5, 0.6) is 5.75 Å². The normalized spacial score (nSPS) is 10.3. The number of ether oxygens (including phenoxy) is 1. The number of H-pyrrole nitrogens is 1. The Bertz CT molecular complexity index is 592. The van der Waals surface area contributed by atoms with Crippen molar-refractivity contribution in [3.8, 4) is 17.0 Å². The number of benzene rings is 1. The van der Waals surface area contributed by atoms with E-state index in [1.54, 1.807) is 0 Å². The standard InChI is InChI=1S/C14H14BrNO2/c1-2-18-12-5-3-4-10(8-12)13-7-6-11(9-15)14(17)16-13/h3-8H,2,9H2,1H3,(H,16,17). The molecule has 0 spiro atoms. The lowest BCUT2D eigenvalue weighted by molar-refractivity contribution is 0.340. The number of rotatable bonds is 4. The zero-order valence-electron chi connectivity index (χ0n) is 10.1. The van der Waals surface area contributed by atoms with Crippen molar-refractivity contribution in [1.82, 2.24) is 4.98 Å². The molecule has 4 heteroatoms. The summed E-state index contributed by atoms with van der Waals surface area (Å²) in [4.78, 5) is 14.6. The molecule has 0 unspecified atom stereocenters. The van der Waals surface area contributed by atoms with Gasteiger partial charge in [0.15, 0.2) is 0 Å². The van der Waals surface area contributed by atoms with Gasteiger partial charge in [0, 0.05) is 22.2 Å². The van der Waals surface area contributed by atoms with Crippen LogP contribution >= 0.6 is 15.9 Å². The summed E-state index contributed by atoms with van der Waals surface area (Å²) >= 11 is 3.28. The van der Waals surface area contributed by atoms with E-state index in [9.17, 15) is 4.79 Å². The average molecular weight is 308 g/mol. The van der Waals surface area contributed by atoms with Gasteiger partial charge in [0.2, 0.25) is 0 Å². The Labute approximate surface area is 114 Å². The summed E-state index contributed by atoms with van der Waals surface area (Å²) in [5.74, 6) is 0.806. The second kappa shape index (κ2) is 5.87. The molecule has 18 heavy (non-hydrogen) atoms. The number of hydrogen-bond acceptors (Lipinski definition) is 2. The fourth-order valence-corrected chi connectivity index (χ4v) is 2.14. The van der Waals surface area contributed by atoms with Crippen molar-refractivity contribution >= 4 is 15.9 Å². The van der Waals surface area contributed by atoms with Crippen LogP contribution in [0.3, 0.4) is 0 Å². The minimum atomic E-state index is -0.0637. The summed E-state index contributed by atoms with van der Waals surface area (Å²) in [6, 6.07) is 11.4. The quantitative estimate of drug-likeness (QED) is 0.880. The Balaban J connectivity index is 2.39. The lowest BCUT2D eigenvalue weighted by atomic mass is 10.1. The van der Waals surface area contributed by atoms with E-state index < -0.39 is 0 Å². The van der Waals surface area contributed by atoms with Crippen molar-refractivity contribution in [1.29, 1.82) is 0 Å². The molecule has 2 aromatic rings. The molecule has 0 atom stereocenters. The maximum absolute atomic E-state index is 11.7. The third-order valence-electron chi connectivity index (χ3n) is 2.59. The third kappa shape index (κ3) is 2.82. The van der Waals surface area contributed by atoms with Gasteiger partial charge in [-0.25, -0.2) is 0 Å². The fraction of sp³-hybridized carbons (Fsp3) is 0.214. The van der Waals surface area contributed by atoms with Gasteiger partial charge in [-0.2, -0.15) is 0 Å². The van der Waals surface area contributed by atoms with Crippen LogP contribution in [0.15, 0.2) is 41.2 Å². The van der Waals surface area contributed by atoms with Gasteiger partial charge in [-0.15, -0.1) is 0 Å². The predicted octanol–water partition coefficient (Wildman–Crippen LogP) is 3.34. The second-order valence-electron chi connectivity index (χ2n) is 3.82. The van der Waals surface area contributed by atoms with Crippen molar-refractivity contribution in [2.75, 3.05) is 6.61 Å². The zero-order chi connectivity index (χ0) is 13.0. The van der Waals surface area contributed by atoms with Crippen LogP contribution in [0.1, 0.15) is 12.5 Å². The van der Waals surface area contributed by atoms with Crippen molar-refractivity contribution < 1.29 is 4.74 Å². The molecule has 0 bridgehead atoms. The van der Waals surface area contributed by atoms with Gasteiger partial charge in [0.05, 0.1) is 6.61 Å². The highest BCUT2D eigenvalue weighted by molar-refractivity contribution is 9.08. The lowest BCUT2D eigenvalue weighted by Gasteiger charge is -2.06. The van der Waals surface area contributed by atoms with Crippen molar-refractivity contribution in [2.24, 2.45) is 0 Å². The molecule has 0 aliphatic rings. The second-order valence-corrected chi connectivity index (χ2v) is 4.38. The fourth-order valence-electron chi connectivity index (χ4n) is 1.70. The van der Waals surface area contributed by atoms with Gasteiger partial charge in [0.1, 0.15) is 5.75 Å². The first-order valence-corrected chi connectivity index (χ1v) is 6.88. The van der Waals surface area contributed by atoms with Crippen LogP contribution in [0.4, 0.5) is 0 Å². The Morgan fingerprint density at radius 1 is 1.28 bits per heavy atom. The van der Waals surface area contributed by atoms with E-state index in [0.717, 1.165) is 22.6 Å². The molecule has 0 amide bonds. The molecule has 0 aliphatic heterocycles. The van der Waals surface area contributed by atoms with E-state index >= 15 is 0 Å². The number of hydrogen-bond donors (Lipinski definition) is 1. The minimum absolute atomic E-state index is 0.0637. The molecule has 0 saturated heterocycles. The van der Waals surface area contributed by atoms with Gasteiger partial charge in [0.25, 0.3) is 5.56 Å². The Morgan fingerprint density at radius 3 is 2.78 bits per heavy atom. The molecular weight excluding hydrogens is 294 g/mol. The molecule has 0 fully saturated rings. The number of aromatic nitrogens is 1. The molecule has 3 nitrogen and oxygen atoms in total. The van der Waals surface area contributed by atoms with Crippen LogP contribution in [-0.4, -0.2) is 11.6 Å². The van der Waals surface area contributed by atoms with Gasteiger partial charge in [-0.05, 0) is 25.1 Å². The summed E-state index contributed by atoms with van der Waals surface area (Å²) in [6.45, 7) is 2.57. The van der Waals surface area contributed by atoms with E-state index in [2.05, 4.69) is 20.9 Å². The molecule has 0 saturated carbocycles. The van der Waals surface area contributed by atoms with Crippen molar-refractivity contribution in [3.63, 3.8) is 0 Å². The summed E-state index contributed by atoms with van der Waals surface area (Å²) < 4.78 is 5.44. The zero-order valence-corrected chi connectivity index (χ0v) is 11.7. The van der Waals surface area contributed by atoms with Crippen LogP contribution in [0, 0.1) is 0 Å². The number of halogens is 1. The summed E-state index contributed by atoms with van der Waals surface area (Å²) in [7, 11) is 0. The summed E-state index contributed by atoms with van der Waals surface area (Å²) in [6.07, 6.45) is 0. The maximum atomic E-state index is 11.7. The van der Waals surface area contributed by atoms with E-state index in [1.807, 2.05) is 43.3 Å². The average Bonchev–Trinajstić information content (AvgIpc) is 2.39. The highest BCUT2D eigenvalue weighted by atomic mass is 79.9. The SMILES string of the molecule is CCOc1cccc(-c2ccc(CBr)c(=O)[nH]2)c1. The highest BCUT2D eigenvalue weighted by Gasteiger charge is 2.03. The largest absolute Gasteiger partial charge is 0.494 e. The molecule has 94 valence electrons. The van der Waals surface area contributed by atoms with Crippen molar-refractivity contribution in [2.45, 2.75) is 12.3 Å². The van der Waals surface area contributed by atoms with Crippen LogP contribution < -0.4 is 10.3 Å². The van der Waals surface area contributed by atoms with E-state index in [4.69, 9.17) is 4.74 Å². The van der Waals surface area contributed by atoms with E-state index in [0.29, 0.717) is 11.9 Å². The molecule has 1 aromatic heterocycles. The van der Waals surface area contributed by atoms with Crippen LogP contribution in [0.25, 0.3) is 11.3 Å². The Morgan fingerprint density at radius 2 is 2.11 bits per heavy atom. The molecule has 2 rings (SSSR count). The smallest absolute Gasteiger partial charge is 0.252 e. The third-order valence-corrected chi connectivity index (χ3v) is 3.20. The highest BCUT2D eigenvalue weighted by Crippen LogP contribution is 2.21. The summed E-state index contributed by atoms with van der Waals surface area (Å²) in [5, 5.41) is 0.557. The summed E-state index contributed by atoms with van der Waals surface area (Å²) in [5.41, 5.74) is 2.40. The number of aromatic amines is 1. The molecular formula is C14H14BrNO2. The molecule has 0 aliphatic carbocycles. The number of nitrogens with one attached hydrogen (secondary N) is 1. The van der Waals surface area contributed by atoms with Crippen molar-refractivity contribution in [3.05, 3.63) is 52.3 Å². The number of pyridine rings is 1. The maximum Gasteiger partial charge on any atom is 0.252 e. The van der Waals surface area contributed by atoms with Gasteiger partial charge < -0.3 is 9.72 Å². The molecule has 1 N–H and O–H groups in total. The first kappa shape index (κ1) is 12.9. The Kier molecular flexibility index (Phi) is 4.20. The van der Waals surface area contributed by atoms with Gasteiger partial charge >= 0.3 is 0 Å². The van der Waals surface area contributed by atoms with E-state index in [1.165, 1.54) is 0 Å². The van der Waals surface area contributed by atoms with Crippen LogP contribution in [-0.2, 0) is 5.33 Å². The topological polar surface area (TPSA) is 42.1 Å². The van der Waals surface area contributed by atoms with Crippen LogP contribution in [0.2, 0.25) is 0 Å².